The second kappa shape index (κ2) is 6.94. The molecular formula is C20H18F4N2. The molecule has 0 saturated carbocycles. The number of hydrogen-bond acceptors (Lipinski definition) is 1. The van der Waals surface area contributed by atoms with E-state index in [1.165, 1.54) is 24.3 Å². The normalized spacial score (nSPS) is 12.0. The monoisotopic (exact) mass is 362 g/mol. The fourth-order valence-corrected chi connectivity index (χ4v) is 2.76. The molecule has 1 aromatic heterocycles. The van der Waals surface area contributed by atoms with Crippen molar-refractivity contribution in [1.82, 2.24) is 9.55 Å². The minimum atomic E-state index is -4.34. The lowest BCUT2D eigenvalue weighted by molar-refractivity contribution is -0.137. The third-order valence-electron chi connectivity index (χ3n) is 4.15. The first-order valence-corrected chi connectivity index (χ1v) is 8.24. The van der Waals surface area contributed by atoms with E-state index in [1.54, 1.807) is 12.1 Å². The first kappa shape index (κ1) is 18.2. The summed E-state index contributed by atoms with van der Waals surface area (Å²) in [7, 11) is 0. The van der Waals surface area contributed by atoms with Gasteiger partial charge in [0.15, 0.2) is 0 Å². The van der Waals surface area contributed by atoms with Crippen LogP contribution in [0, 0.1) is 5.82 Å². The largest absolute Gasteiger partial charge is 0.416 e. The zero-order valence-electron chi connectivity index (χ0n) is 14.4. The summed E-state index contributed by atoms with van der Waals surface area (Å²) in [6.45, 7) is 4.01. The van der Waals surface area contributed by atoms with Crippen LogP contribution in [0.25, 0.3) is 11.3 Å². The van der Waals surface area contributed by atoms with Gasteiger partial charge in [0.2, 0.25) is 0 Å². The number of aromatic nitrogens is 2. The first-order chi connectivity index (χ1) is 12.2. The highest BCUT2D eigenvalue weighted by atomic mass is 19.4. The van der Waals surface area contributed by atoms with Gasteiger partial charge in [0.25, 0.3) is 0 Å². The number of alkyl halides is 3. The van der Waals surface area contributed by atoms with Crippen LogP contribution in [0.5, 0.6) is 0 Å². The van der Waals surface area contributed by atoms with Gasteiger partial charge >= 0.3 is 6.18 Å². The second-order valence-electron chi connectivity index (χ2n) is 6.42. The number of imidazole rings is 1. The Morgan fingerprint density at radius 1 is 0.962 bits per heavy atom. The topological polar surface area (TPSA) is 17.8 Å². The number of hydrogen-bond donors (Lipinski definition) is 0. The number of halogens is 4. The smallest absolute Gasteiger partial charge is 0.331 e. The zero-order valence-corrected chi connectivity index (χ0v) is 14.4. The van der Waals surface area contributed by atoms with E-state index in [0.29, 0.717) is 12.1 Å². The van der Waals surface area contributed by atoms with Gasteiger partial charge in [0, 0.05) is 24.2 Å². The molecule has 0 aliphatic rings. The van der Waals surface area contributed by atoms with Crippen molar-refractivity contribution < 1.29 is 17.6 Å². The van der Waals surface area contributed by atoms with E-state index in [2.05, 4.69) is 4.98 Å². The van der Waals surface area contributed by atoms with Crippen molar-refractivity contribution >= 4 is 0 Å². The SMILES string of the molecule is CC(C)n1cc(-c2ccc(F)cc2)nc1Cc1ccc(C(F)(F)F)cc1. The van der Waals surface area contributed by atoms with Crippen LogP contribution in [-0.2, 0) is 12.6 Å². The lowest BCUT2D eigenvalue weighted by atomic mass is 10.1. The molecule has 0 unspecified atom stereocenters. The molecule has 0 radical (unpaired) electrons. The predicted molar refractivity (Wildman–Crippen MR) is 92.3 cm³/mol. The molecule has 0 aliphatic carbocycles. The highest BCUT2D eigenvalue weighted by Gasteiger charge is 2.30. The Bertz CT molecular complexity index is 876. The molecule has 3 aromatic rings. The maximum absolute atomic E-state index is 13.1. The Hall–Kier alpha value is -2.63. The standard InChI is InChI=1S/C20H18F4N2/c1-13(2)26-12-18(15-5-9-17(21)10-6-15)25-19(26)11-14-3-7-16(8-4-14)20(22,23)24/h3-10,12-13H,11H2,1-2H3. The fourth-order valence-electron chi connectivity index (χ4n) is 2.76. The predicted octanol–water partition coefficient (Wildman–Crippen LogP) is 5.88. The maximum Gasteiger partial charge on any atom is 0.416 e. The van der Waals surface area contributed by atoms with Crippen LogP contribution in [0.2, 0.25) is 0 Å². The summed E-state index contributed by atoms with van der Waals surface area (Å²) < 4.78 is 53.2. The Morgan fingerprint density at radius 2 is 1.58 bits per heavy atom. The summed E-state index contributed by atoms with van der Waals surface area (Å²) >= 11 is 0. The fraction of sp³-hybridized carbons (Fsp3) is 0.250. The van der Waals surface area contributed by atoms with Crippen molar-refractivity contribution in [1.29, 1.82) is 0 Å². The van der Waals surface area contributed by atoms with E-state index in [1.807, 2.05) is 24.6 Å². The van der Waals surface area contributed by atoms with Crippen LogP contribution in [0.15, 0.2) is 54.7 Å². The Morgan fingerprint density at radius 3 is 2.12 bits per heavy atom. The molecule has 0 saturated heterocycles. The van der Waals surface area contributed by atoms with Gasteiger partial charge in [-0.25, -0.2) is 9.37 Å². The molecule has 6 heteroatoms. The Balaban J connectivity index is 1.90. The van der Waals surface area contributed by atoms with Gasteiger partial charge in [-0.05, 0) is 55.8 Å². The molecule has 26 heavy (non-hydrogen) atoms. The van der Waals surface area contributed by atoms with Gasteiger partial charge < -0.3 is 4.57 Å². The summed E-state index contributed by atoms with van der Waals surface area (Å²) in [5, 5.41) is 0. The summed E-state index contributed by atoms with van der Waals surface area (Å²) in [5.74, 6) is 0.432. The molecule has 0 amide bonds. The van der Waals surface area contributed by atoms with Gasteiger partial charge in [0.05, 0.1) is 11.3 Å². The Kier molecular flexibility index (Phi) is 4.85. The van der Waals surface area contributed by atoms with Crippen molar-refractivity contribution in [3.05, 3.63) is 77.5 Å². The average Bonchev–Trinajstić information content (AvgIpc) is 2.99. The maximum atomic E-state index is 13.1. The highest BCUT2D eigenvalue weighted by Crippen LogP contribution is 2.30. The van der Waals surface area contributed by atoms with Crippen molar-refractivity contribution in [2.24, 2.45) is 0 Å². The summed E-state index contributed by atoms with van der Waals surface area (Å²) in [6.07, 6.45) is -2.04. The molecular weight excluding hydrogens is 344 g/mol. The highest BCUT2D eigenvalue weighted by molar-refractivity contribution is 5.58. The van der Waals surface area contributed by atoms with Gasteiger partial charge in [-0.3, -0.25) is 0 Å². The summed E-state index contributed by atoms with van der Waals surface area (Å²) in [4.78, 5) is 4.62. The molecule has 2 nitrogen and oxygen atoms in total. The quantitative estimate of drug-likeness (QED) is 0.530. The number of benzene rings is 2. The van der Waals surface area contributed by atoms with Crippen LogP contribution >= 0.6 is 0 Å². The van der Waals surface area contributed by atoms with E-state index in [0.717, 1.165) is 29.1 Å². The molecule has 136 valence electrons. The van der Waals surface area contributed by atoms with Crippen LogP contribution in [-0.4, -0.2) is 9.55 Å². The summed E-state index contributed by atoms with van der Waals surface area (Å²) in [6, 6.07) is 11.3. The van der Waals surface area contributed by atoms with Crippen LogP contribution in [0.3, 0.4) is 0 Å². The molecule has 0 spiro atoms. The minimum absolute atomic E-state index is 0.140. The molecule has 0 fully saturated rings. The molecule has 0 atom stereocenters. The Labute approximate surface area is 149 Å². The molecule has 3 rings (SSSR count). The van der Waals surface area contributed by atoms with Gasteiger partial charge in [0.1, 0.15) is 11.6 Å². The molecule has 0 bridgehead atoms. The van der Waals surface area contributed by atoms with Gasteiger partial charge in [-0.15, -0.1) is 0 Å². The molecule has 1 heterocycles. The third-order valence-corrected chi connectivity index (χ3v) is 4.15. The molecule has 2 aromatic carbocycles. The molecule has 0 N–H and O–H groups in total. The number of nitrogens with zero attached hydrogens (tertiary/aromatic N) is 2. The van der Waals surface area contributed by atoms with E-state index < -0.39 is 11.7 Å². The van der Waals surface area contributed by atoms with Crippen molar-refractivity contribution in [2.45, 2.75) is 32.5 Å². The minimum Gasteiger partial charge on any atom is -0.331 e. The van der Waals surface area contributed by atoms with E-state index in [4.69, 9.17) is 0 Å². The van der Waals surface area contributed by atoms with Crippen LogP contribution < -0.4 is 0 Å². The summed E-state index contributed by atoms with van der Waals surface area (Å²) in [5.41, 5.74) is 1.58. The number of rotatable bonds is 4. The lowest BCUT2D eigenvalue weighted by Gasteiger charge is -2.12. The van der Waals surface area contributed by atoms with E-state index in [-0.39, 0.29) is 11.9 Å². The molecule has 0 aliphatic heterocycles. The van der Waals surface area contributed by atoms with Crippen LogP contribution in [0.1, 0.15) is 36.8 Å². The second-order valence-corrected chi connectivity index (χ2v) is 6.42. The zero-order chi connectivity index (χ0) is 18.9. The van der Waals surface area contributed by atoms with Crippen molar-refractivity contribution in [3.8, 4) is 11.3 Å². The van der Waals surface area contributed by atoms with Crippen LogP contribution in [0.4, 0.5) is 17.6 Å². The van der Waals surface area contributed by atoms with Crippen molar-refractivity contribution in [3.63, 3.8) is 0 Å². The lowest BCUT2D eigenvalue weighted by Crippen LogP contribution is -2.07. The van der Waals surface area contributed by atoms with E-state index >= 15 is 0 Å². The first-order valence-electron chi connectivity index (χ1n) is 8.24. The van der Waals surface area contributed by atoms with Gasteiger partial charge in [-0.1, -0.05) is 12.1 Å². The van der Waals surface area contributed by atoms with E-state index in [9.17, 15) is 17.6 Å². The average molecular weight is 362 g/mol. The van der Waals surface area contributed by atoms with Gasteiger partial charge in [-0.2, -0.15) is 13.2 Å². The van der Waals surface area contributed by atoms with Crippen molar-refractivity contribution in [2.75, 3.05) is 0 Å². The third kappa shape index (κ3) is 3.95.